The standard InChI is InChI=1S/C17H15BrN2O/c1-12-6-8-14(9-7-12)19-10-11-20(17(19)21)16-5-3-4-15(18)13(16)2/h3-11H,1-2H3. The zero-order valence-corrected chi connectivity index (χ0v) is 13.5. The summed E-state index contributed by atoms with van der Waals surface area (Å²) in [5.74, 6) is 0. The molecule has 0 spiro atoms. The predicted molar refractivity (Wildman–Crippen MR) is 88.5 cm³/mol. The van der Waals surface area contributed by atoms with Crippen molar-refractivity contribution in [1.82, 2.24) is 9.13 Å². The van der Waals surface area contributed by atoms with E-state index in [9.17, 15) is 4.79 Å². The van der Waals surface area contributed by atoms with Crippen LogP contribution >= 0.6 is 15.9 Å². The summed E-state index contributed by atoms with van der Waals surface area (Å²) in [7, 11) is 0. The lowest BCUT2D eigenvalue weighted by Gasteiger charge is -2.07. The van der Waals surface area contributed by atoms with Crippen molar-refractivity contribution in [3.8, 4) is 11.4 Å². The SMILES string of the molecule is Cc1ccc(-n2ccn(-c3cccc(Br)c3C)c2=O)cc1. The maximum Gasteiger partial charge on any atom is 0.337 e. The minimum atomic E-state index is -0.0694. The third-order valence-corrected chi connectivity index (χ3v) is 4.45. The Labute approximate surface area is 131 Å². The summed E-state index contributed by atoms with van der Waals surface area (Å²) in [6.45, 7) is 4.03. The normalized spacial score (nSPS) is 10.8. The van der Waals surface area contributed by atoms with Crippen LogP contribution in [-0.2, 0) is 0 Å². The quantitative estimate of drug-likeness (QED) is 0.691. The molecule has 106 valence electrons. The van der Waals surface area contributed by atoms with Gasteiger partial charge in [-0.15, -0.1) is 0 Å². The summed E-state index contributed by atoms with van der Waals surface area (Å²) in [5.41, 5.74) is 3.91. The first kappa shape index (κ1) is 13.9. The molecule has 0 bridgehead atoms. The maximum absolute atomic E-state index is 12.6. The molecule has 0 aliphatic rings. The molecule has 0 unspecified atom stereocenters. The van der Waals surface area contributed by atoms with Crippen LogP contribution in [0.5, 0.6) is 0 Å². The van der Waals surface area contributed by atoms with Crippen LogP contribution < -0.4 is 5.69 Å². The van der Waals surface area contributed by atoms with E-state index in [4.69, 9.17) is 0 Å². The number of hydrogen-bond donors (Lipinski definition) is 0. The number of imidazole rings is 1. The van der Waals surface area contributed by atoms with Gasteiger partial charge < -0.3 is 0 Å². The molecule has 1 aromatic heterocycles. The first-order valence-electron chi connectivity index (χ1n) is 6.70. The fourth-order valence-corrected chi connectivity index (χ4v) is 2.67. The lowest BCUT2D eigenvalue weighted by Crippen LogP contribution is -2.22. The third-order valence-electron chi connectivity index (χ3n) is 3.59. The number of benzene rings is 2. The summed E-state index contributed by atoms with van der Waals surface area (Å²) >= 11 is 3.51. The zero-order chi connectivity index (χ0) is 15.0. The lowest BCUT2D eigenvalue weighted by atomic mass is 10.2. The molecule has 0 amide bonds. The van der Waals surface area contributed by atoms with Gasteiger partial charge in [0.05, 0.1) is 11.4 Å². The Balaban J connectivity index is 2.14. The third kappa shape index (κ3) is 2.47. The largest absolute Gasteiger partial charge is 0.337 e. The van der Waals surface area contributed by atoms with E-state index in [1.54, 1.807) is 21.5 Å². The molecule has 0 aliphatic carbocycles. The average Bonchev–Trinajstić information content (AvgIpc) is 2.85. The van der Waals surface area contributed by atoms with Crippen LogP contribution in [0.4, 0.5) is 0 Å². The maximum atomic E-state index is 12.6. The number of nitrogens with zero attached hydrogens (tertiary/aromatic N) is 2. The molecule has 3 rings (SSSR count). The molecule has 0 aliphatic heterocycles. The molecule has 0 atom stereocenters. The van der Waals surface area contributed by atoms with Crippen LogP contribution in [-0.4, -0.2) is 9.13 Å². The Kier molecular flexibility index (Phi) is 3.55. The van der Waals surface area contributed by atoms with E-state index in [0.717, 1.165) is 21.4 Å². The molecule has 2 aromatic carbocycles. The van der Waals surface area contributed by atoms with Crippen LogP contribution in [0.15, 0.2) is 64.1 Å². The fraction of sp³-hybridized carbons (Fsp3) is 0.118. The van der Waals surface area contributed by atoms with Crippen LogP contribution in [0.3, 0.4) is 0 Å². The average molecular weight is 343 g/mol. The second kappa shape index (κ2) is 5.37. The highest BCUT2D eigenvalue weighted by atomic mass is 79.9. The van der Waals surface area contributed by atoms with Crippen molar-refractivity contribution in [2.45, 2.75) is 13.8 Å². The first-order valence-corrected chi connectivity index (χ1v) is 7.50. The Morgan fingerprint density at radius 3 is 2.29 bits per heavy atom. The van der Waals surface area contributed by atoms with E-state index < -0.39 is 0 Å². The van der Waals surface area contributed by atoms with Crippen molar-refractivity contribution in [3.63, 3.8) is 0 Å². The second-order valence-electron chi connectivity index (χ2n) is 5.04. The molecule has 0 radical (unpaired) electrons. The van der Waals surface area contributed by atoms with Gasteiger partial charge in [-0.25, -0.2) is 4.79 Å². The van der Waals surface area contributed by atoms with E-state index >= 15 is 0 Å². The second-order valence-corrected chi connectivity index (χ2v) is 5.89. The van der Waals surface area contributed by atoms with Crippen molar-refractivity contribution in [3.05, 3.63) is 80.9 Å². The Morgan fingerprint density at radius 1 is 0.905 bits per heavy atom. The molecule has 0 saturated carbocycles. The van der Waals surface area contributed by atoms with E-state index in [-0.39, 0.29) is 5.69 Å². The first-order chi connectivity index (χ1) is 10.1. The van der Waals surface area contributed by atoms with Crippen LogP contribution in [0.2, 0.25) is 0 Å². The van der Waals surface area contributed by atoms with Crippen molar-refractivity contribution < 1.29 is 0 Å². The molecule has 0 N–H and O–H groups in total. The molecule has 0 saturated heterocycles. The van der Waals surface area contributed by atoms with Gasteiger partial charge in [0.2, 0.25) is 0 Å². The number of aromatic nitrogens is 2. The molecule has 21 heavy (non-hydrogen) atoms. The minimum Gasteiger partial charge on any atom is -0.268 e. The van der Waals surface area contributed by atoms with Gasteiger partial charge in [0, 0.05) is 16.9 Å². The van der Waals surface area contributed by atoms with Gasteiger partial charge in [0.15, 0.2) is 0 Å². The molecular formula is C17H15BrN2O. The summed E-state index contributed by atoms with van der Waals surface area (Å²) in [5, 5.41) is 0. The lowest BCUT2D eigenvalue weighted by molar-refractivity contribution is 0.902. The monoisotopic (exact) mass is 342 g/mol. The van der Waals surface area contributed by atoms with Crippen LogP contribution in [0, 0.1) is 13.8 Å². The van der Waals surface area contributed by atoms with E-state index in [1.165, 1.54) is 5.56 Å². The minimum absolute atomic E-state index is 0.0694. The van der Waals surface area contributed by atoms with Gasteiger partial charge >= 0.3 is 5.69 Å². The Morgan fingerprint density at radius 2 is 1.57 bits per heavy atom. The van der Waals surface area contributed by atoms with E-state index in [1.807, 2.05) is 56.3 Å². The highest BCUT2D eigenvalue weighted by Gasteiger charge is 2.10. The molecule has 4 heteroatoms. The van der Waals surface area contributed by atoms with Crippen LogP contribution in [0.1, 0.15) is 11.1 Å². The van der Waals surface area contributed by atoms with Crippen molar-refractivity contribution >= 4 is 15.9 Å². The number of halogens is 1. The zero-order valence-electron chi connectivity index (χ0n) is 11.9. The molecule has 3 aromatic rings. The molecular weight excluding hydrogens is 328 g/mol. The molecule has 0 fully saturated rings. The van der Waals surface area contributed by atoms with Gasteiger partial charge in [-0.2, -0.15) is 0 Å². The molecule has 3 nitrogen and oxygen atoms in total. The van der Waals surface area contributed by atoms with Gasteiger partial charge in [-0.3, -0.25) is 9.13 Å². The number of hydrogen-bond acceptors (Lipinski definition) is 1. The Bertz CT molecular complexity index is 844. The predicted octanol–water partition coefficient (Wildman–Crippen LogP) is 4.01. The van der Waals surface area contributed by atoms with Gasteiger partial charge in [-0.05, 0) is 43.7 Å². The number of aryl methyl sites for hydroxylation is 1. The van der Waals surface area contributed by atoms with Crippen molar-refractivity contribution in [2.24, 2.45) is 0 Å². The summed E-state index contributed by atoms with van der Waals surface area (Å²) < 4.78 is 4.31. The molecule has 1 heterocycles. The van der Waals surface area contributed by atoms with Gasteiger partial charge in [-0.1, -0.05) is 39.7 Å². The van der Waals surface area contributed by atoms with Crippen molar-refractivity contribution in [2.75, 3.05) is 0 Å². The van der Waals surface area contributed by atoms with E-state index in [2.05, 4.69) is 15.9 Å². The topological polar surface area (TPSA) is 26.9 Å². The van der Waals surface area contributed by atoms with Gasteiger partial charge in [0.1, 0.15) is 0 Å². The highest BCUT2D eigenvalue weighted by molar-refractivity contribution is 9.10. The van der Waals surface area contributed by atoms with Crippen molar-refractivity contribution in [1.29, 1.82) is 0 Å². The number of rotatable bonds is 2. The van der Waals surface area contributed by atoms with E-state index in [0.29, 0.717) is 0 Å². The Hall–Kier alpha value is -2.07. The summed E-state index contributed by atoms with van der Waals surface area (Å²) in [4.78, 5) is 12.6. The fourth-order valence-electron chi connectivity index (χ4n) is 2.32. The smallest absolute Gasteiger partial charge is 0.268 e. The summed E-state index contributed by atoms with van der Waals surface area (Å²) in [6, 6.07) is 13.8. The summed E-state index contributed by atoms with van der Waals surface area (Å²) in [6.07, 6.45) is 3.60. The van der Waals surface area contributed by atoms with Gasteiger partial charge in [0.25, 0.3) is 0 Å². The highest BCUT2D eigenvalue weighted by Crippen LogP contribution is 2.21. The van der Waals surface area contributed by atoms with Crippen LogP contribution in [0.25, 0.3) is 11.4 Å².